The molecule has 3 rings (SSSR count). The smallest absolute Gasteiger partial charge is 0.278 e. The zero-order chi connectivity index (χ0) is 18.0. The second-order valence-electron chi connectivity index (χ2n) is 5.61. The van der Waals surface area contributed by atoms with E-state index in [1.54, 1.807) is 41.9 Å². The van der Waals surface area contributed by atoms with Crippen LogP contribution in [0.2, 0.25) is 10.0 Å². The number of hydrogen-bond donors (Lipinski definition) is 1. The molecule has 0 saturated carbocycles. The third kappa shape index (κ3) is 4.18. The Kier molecular flexibility index (Phi) is 5.06. The lowest BCUT2D eigenvalue weighted by Gasteiger charge is -2.06. The van der Waals surface area contributed by atoms with E-state index in [1.807, 2.05) is 12.1 Å². The monoisotopic (exact) mass is 373 g/mol. The molecule has 1 aromatic heterocycles. The molecule has 0 fully saturated rings. The highest BCUT2D eigenvalue weighted by Gasteiger charge is 2.17. The molecular formula is C18H15Cl2N4O. The quantitative estimate of drug-likeness (QED) is 0.738. The molecule has 0 saturated heterocycles. The Hall–Kier alpha value is -2.37. The molecule has 1 N–H and O–H groups in total. The van der Waals surface area contributed by atoms with Crippen molar-refractivity contribution in [3.8, 4) is 0 Å². The lowest BCUT2D eigenvalue weighted by atomic mass is 10.2. The van der Waals surface area contributed by atoms with Gasteiger partial charge in [0.1, 0.15) is 0 Å². The zero-order valence-electron chi connectivity index (χ0n) is 13.5. The third-order valence-electron chi connectivity index (χ3n) is 3.64. The molecule has 1 radical (unpaired) electrons. The van der Waals surface area contributed by atoms with Crippen LogP contribution in [0.3, 0.4) is 0 Å². The normalized spacial score (nSPS) is 10.7. The minimum absolute atomic E-state index is 0.266. The summed E-state index contributed by atoms with van der Waals surface area (Å²) in [6, 6.07) is 12.5. The van der Waals surface area contributed by atoms with E-state index in [1.165, 1.54) is 0 Å². The van der Waals surface area contributed by atoms with Crippen molar-refractivity contribution in [2.45, 2.75) is 13.5 Å². The number of halogens is 2. The van der Waals surface area contributed by atoms with Crippen LogP contribution >= 0.6 is 23.2 Å². The SMILES string of the molecule is [CH2]c1cccc(NC(=O)c2nnn(Cc3cc(Cl)cc(Cl)c3)c2C)c1. The molecule has 0 aliphatic carbocycles. The molecule has 1 amide bonds. The number of nitrogens with one attached hydrogen (secondary N) is 1. The molecular weight excluding hydrogens is 359 g/mol. The highest BCUT2D eigenvalue weighted by Crippen LogP contribution is 2.20. The van der Waals surface area contributed by atoms with Crippen LogP contribution < -0.4 is 5.32 Å². The summed E-state index contributed by atoms with van der Waals surface area (Å²) >= 11 is 12.0. The first-order valence-corrected chi connectivity index (χ1v) is 8.26. The maximum Gasteiger partial charge on any atom is 0.278 e. The molecule has 7 heteroatoms. The van der Waals surface area contributed by atoms with Gasteiger partial charge in [0.2, 0.25) is 0 Å². The van der Waals surface area contributed by atoms with Gasteiger partial charge in [0, 0.05) is 15.7 Å². The van der Waals surface area contributed by atoms with Gasteiger partial charge in [-0.2, -0.15) is 0 Å². The maximum absolute atomic E-state index is 12.4. The molecule has 127 valence electrons. The standard InChI is InChI=1S/C18H15Cl2N4O/c1-11-4-3-5-16(6-11)21-18(25)17-12(2)24(23-22-17)10-13-7-14(19)9-15(20)8-13/h3-9H,1,10H2,2H3,(H,21,25). The predicted octanol–water partition coefficient (Wildman–Crippen LogP) is 4.38. The van der Waals surface area contributed by atoms with E-state index in [4.69, 9.17) is 23.2 Å². The van der Waals surface area contributed by atoms with Crippen LogP contribution in [0.4, 0.5) is 5.69 Å². The Morgan fingerprint density at radius 1 is 1.20 bits per heavy atom. The predicted molar refractivity (Wildman–Crippen MR) is 99.2 cm³/mol. The summed E-state index contributed by atoms with van der Waals surface area (Å²) in [4.78, 5) is 12.4. The van der Waals surface area contributed by atoms with E-state index in [0.717, 1.165) is 11.1 Å². The van der Waals surface area contributed by atoms with E-state index < -0.39 is 0 Å². The lowest BCUT2D eigenvalue weighted by molar-refractivity contribution is 0.102. The highest BCUT2D eigenvalue weighted by atomic mass is 35.5. The number of aromatic nitrogens is 3. The van der Waals surface area contributed by atoms with Gasteiger partial charge < -0.3 is 5.32 Å². The minimum atomic E-state index is -0.321. The number of carbonyl (C=O) groups excluding carboxylic acids is 1. The Bertz CT molecular complexity index is 916. The first-order chi connectivity index (χ1) is 11.9. The van der Waals surface area contributed by atoms with Crippen molar-refractivity contribution in [1.29, 1.82) is 0 Å². The van der Waals surface area contributed by atoms with Crippen LogP contribution in [-0.2, 0) is 6.54 Å². The second kappa shape index (κ2) is 7.25. The summed E-state index contributed by atoms with van der Waals surface area (Å²) in [5.74, 6) is -0.321. The van der Waals surface area contributed by atoms with Gasteiger partial charge in [-0.3, -0.25) is 4.79 Å². The van der Waals surface area contributed by atoms with E-state index in [0.29, 0.717) is 28.0 Å². The van der Waals surface area contributed by atoms with Crippen molar-refractivity contribution in [1.82, 2.24) is 15.0 Å². The summed E-state index contributed by atoms with van der Waals surface area (Å²) in [7, 11) is 0. The number of benzene rings is 2. The number of anilines is 1. The van der Waals surface area contributed by atoms with Gasteiger partial charge in [-0.15, -0.1) is 5.10 Å². The second-order valence-corrected chi connectivity index (χ2v) is 6.49. The van der Waals surface area contributed by atoms with Crippen LogP contribution in [-0.4, -0.2) is 20.9 Å². The molecule has 0 bridgehead atoms. The van der Waals surface area contributed by atoms with E-state index >= 15 is 0 Å². The Balaban J connectivity index is 1.79. The molecule has 5 nitrogen and oxygen atoms in total. The molecule has 0 unspecified atom stereocenters. The lowest BCUT2D eigenvalue weighted by Crippen LogP contribution is -2.14. The fourth-order valence-electron chi connectivity index (χ4n) is 2.43. The topological polar surface area (TPSA) is 59.8 Å². The van der Waals surface area contributed by atoms with Crippen molar-refractivity contribution in [2.75, 3.05) is 5.32 Å². The van der Waals surface area contributed by atoms with Crippen molar-refractivity contribution in [3.63, 3.8) is 0 Å². The molecule has 0 aliphatic rings. The van der Waals surface area contributed by atoms with Crippen LogP contribution in [0.1, 0.15) is 27.3 Å². The van der Waals surface area contributed by atoms with E-state index in [9.17, 15) is 4.79 Å². The largest absolute Gasteiger partial charge is 0.321 e. The van der Waals surface area contributed by atoms with Gasteiger partial charge in [0.25, 0.3) is 5.91 Å². The molecule has 0 spiro atoms. The maximum atomic E-state index is 12.4. The van der Waals surface area contributed by atoms with Crippen LogP contribution in [0.15, 0.2) is 42.5 Å². The zero-order valence-corrected chi connectivity index (χ0v) is 15.0. The van der Waals surface area contributed by atoms with Crippen molar-refractivity contribution < 1.29 is 4.79 Å². The van der Waals surface area contributed by atoms with Crippen molar-refractivity contribution >= 4 is 34.8 Å². The van der Waals surface area contributed by atoms with Gasteiger partial charge in [0.15, 0.2) is 5.69 Å². The number of nitrogens with zero attached hydrogens (tertiary/aromatic N) is 3. The Morgan fingerprint density at radius 3 is 2.60 bits per heavy atom. The first-order valence-electron chi connectivity index (χ1n) is 7.51. The summed E-state index contributed by atoms with van der Waals surface area (Å²) in [5, 5.41) is 11.9. The number of carbonyl (C=O) groups is 1. The van der Waals surface area contributed by atoms with Gasteiger partial charge in [-0.25, -0.2) is 4.68 Å². The van der Waals surface area contributed by atoms with Crippen molar-refractivity contribution in [2.24, 2.45) is 0 Å². The number of rotatable bonds is 4. The molecule has 2 aromatic carbocycles. The number of amides is 1. The minimum Gasteiger partial charge on any atom is -0.321 e. The van der Waals surface area contributed by atoms with Gasteiger partial charge in [-0.1, -0.05) is 40.5 Å². The van der Waals surface area contributed by atoms with E-state index in [-0.39, 0.29) is 11.6 Å². The van der Waals surface area contributed by atoms with Gasteiger partial charge in [0.05, 0.1) is 12.2 Å². The van der Waals surface area contributed by atoms with Crippen LogP contribution in [0, 0.1) is 13.8 Å². The summed E-state index contributed by atoms with van der Waals surface area (Å²) in [6.45, 7) is 6.05. The fourth-order valence-corrected chi connectivity index (χ4v) is 3.01. The first kappa shape index (κ1) is 17.5. The van der Waals surface area contributed by atoms with Crippen LogP contribution in [0.5, 0.6) is 0 Å². The molecule has 0 atom stereocenters. The summed E-state index contributed by atoms with van der Waals surface area (Å²) < 4.78 is 1.63. The average molecular weight is 374 g/mol. The molecule has 3 aromatic rings. The summed E-state index contributed by atoms with van der Waals surface area (Å²) in [6.07, 6.45) is 0. The molecule has 1 heterocycles. The number of hydrogen-bond acceptors (Lipinski definition) is 3. The average Bonchev–Trinajstić information content (AvgIpc) is 2.87. The Morgan fingerprint density at radius 2 is 1.92 bits per heavy atom. The van der Waals surface area contributed by atoms with Gasteiger partial charge >= 0.3 is 0 Å². The molecule has 0 aliphatic heterocycles. The summed E-state index contributed by atoms with van der Waals surface area (Å²) in [5.41, 5.74) is 3.27. The van der Waals surface area contributed by atoms with Crippen molar-refractivity contribution in [3.05, 3.63) is 81.9 Å². The van der Waals surface area contributed by atoms with E-state index in [2.05, 4.69) is 22.6 Å². The molecule has 25 heavy (non-hydrogen) atoms. The Labute approximate surface area is 155 Å². The van der Waals surface area contributed by atoms with Gasteiger partial charge in [-0.05, 0) is 55.3 Å². The van der Waals surface area contributed by atoms with Crippen LogP contribution in [0.25, 0.3) is 0 Å². The highest BCUT2D eigenvalue weighted by molar-refractivity contribution is 6.34. The fraction of sp³-hybridized carbons (Fsp3) is 0.111. The third-order valence-corrected chi connectivity index (χ3v) is 4.07.